The molecule has 4 rings (SSSR count). The third-order valence-electron chi connectivity index (χ3n) is 4.52. The first-order chi connectivity index (χ1) is 12.9. The molecule has 0 aliphatic carbocycles. The molecule has 0 saturated carbocycles. The van der Waals surface area contributed by atoms with Gasteiger partial charge in [-0.25, -0.2) is 18.3 Å². The van der Waals surface area contributed by atoms with Gasteiger partial charge in [0.05, 0.1) is 29.9 Å². The third-order valence-corrected chi connectivity index (χ3v) is 4.52. The van der Waals surface area contributed by atoms with E-state index in [4.69, 9.17) is 4.74 Å². The Bertz CT molecular complexity index is 1030. The Morgan fingerprint density at radius 2 is 2.07 bits per heavy atom. The van der Waals surface area contributed by atoms with Crippen molar-refractivity contribution in [2.75, 3.05) is 11.9 Å². The van der Waals surface area contributed by atoms with Crippen LogP contribution in [0.2, 0.25) is 0 Å². The van der Waals surface area contributed by atoms with E-state index >= 15 is 0 Å². The highest BCUT2D eigenvalue weighted by Gasteiger charge is 2.23. The van der Waals surface area contributed by atoms with Gasteiger partial charge in [0.25, 0.3) is 0 Å². The summed E-state index contributed by atoms with van der Waals surface area (Å²) in [4.78, 5) is 4.56. The predicted octanol–water partition coefficient (Wildman–Crippen LogP) is 3.52. The van der Waals surface area contributed by atoms with Crippen molar-refractivity contribution in [1.82, 2.24) is 19.9 Å². The molecule has 0 fully saturated rings. The molecule has 1 aliphatic rings. The molecule has 2 bridgehead atoms. The Morgan fingerprint density at radius 3 is 2.89 bits per heavy atom. The smallest absolute Gasteiger partial charge is 0.167 e. The predicted molar refractivity (Wildman–Crippen MR) is 98.5 cm³/mol. The Kier molecular flexibility index (Phi) is 4.18. The summed E-state index contributed by atoms with van der Waals surface area (Å²) in [6.45, 7) is 8.05. The fourth-order valence-corrected chi connectivity index (χ4v) is 3.13. The van der Waals surface area contributed by atoms with Crippen LogP contribution in [0, 0.1) is 11.6 Å². The fourth-order valence-electron chi connectivity index (χ4n) is 3.13. The molecule has 3 aromatic rings. The van der Waals surface area contributed by atoms with E-state index < -0.39 is 17.7 Å². The first kappa shape index (κ1) is 17.3. The van der Waals surface area contributed by atoms with Crippen LogP contribution in [0.25, 0.3) is 11.3 Å². The number of rotatable bonds is 0. The highest BCUT2D eigenvalue weighted by molar-refractivity contribution is 5.73. The van der Waals surface area contributed by atoms with Gasteiger partial charge in [0.15, 0.2) is 17.3 Å². The molecule has 1 aliphatic heterocycles. The Hall–Kier alpha value is -3.16. The number of ether oxygens (including phenoxy) is 1. The van der Waals surface area contributed by atoms with Crippen molar-refractivity contribution in [3.63, 3.8) is 0 Å². The number of benzene rings is 1. The maximum Gasteiger partial charge on any atom is 0.167 e. The van der Waals surface area contributed by atoms with Gasteiger partial charge in [-0.1, -0.05) is 6.58 Å². The largest absolute Gasteiger partial charge is 0.488 e. The van der Waals surface area contributed by atoms with Crippen LogP contribution < -0.4 is 15.4 Å². The Morgan fingerprint density at radius 1 is 1.26 bits per heavy atom. The molecule has 0 unspecified atom stereocenters. The van der Waals surface area contributed by atoms with Crippen molar-refractivity contribution >= 4 is 17.2 Å². The zero-order valence-electron chi connectivity index (χ0n) is 15.0. The van der Waals surface area contributed by atoms with Gasteiger partial charge < -0.3 is 15.4 Å². The number of hydrogen-bond donors (Lipinski definition) is 2. The quantitative estimate of drug-likeness (QED) is 0.633. The summed E-state index contributed by atoms with van der Waals surface area (Å²) < 4.78 is 35.9. The lowest BCUT2D eigenvalue weighted by Crippen LogP contribution is -2.28. The van der Waals surface area contributed by atoms with Gasteiger partial charge in [0, 0.05) is 11.9 Å². The zero-order valence-corrected chi connectivity index (χ0v) is 15.0. The summed E-state index contributed by atoms with van der Waals surface area (Å²) in [5.41, 5.74) is 2.14. The number of anilines is 1. The lowest BCUT2D eigenvalue weighted by molar-refractivity contribution is 0.218. The Balaban J connectivity index is 1.85. The number of fused-ring (bicyclic) bond motifs is 2. The van der Waals surface area contributed by atoms with Gasteiger partial charge in [-0.3, -0.25) is 0 Å². The zero-order chi connectivity index (χ0) is 19.1. The van der Waals surface area contributed by atoms with Crippen LogP contribution in [0.4, 0.5) is 14.6 Å². The van der Waals surface area contributed by atoms with E-state index in [-0.39, 0.29) is 17.4 Å². The standard InChI is InChI=1S/C19H19F2N5O/c1-10-8-22-11(2)13-9-23-26-7-6-16(25-19(13)26)24-12(3)17-15(27-10)5-4-14(20)18(17)21/h4-7,9-10,12,22H,2,8H2,1,3H3,(H,24,25)/t10-,12+/m0/s1. The molecule has 3 heterocycles. The number of nitrogens with zero attached hydrogens (tertiary/aromatic N) is 3. The lowest BCUT2D eigenvalue weighted by atomic mass is 10.1. The van der Waals surface area contributed by atoms with Gasteiger partial charge in [-0.2, -0.15) is 5.10 Å². The molecule has 2 atom stereocenters. The van der Waals surface area contributed by atoms with Crippen LogP contribution in [0.3, 0.4) is 0 Å². The highest BCUT2D eigenvalue weighted by atomic mass is 19.2. The van der Waals surface area contributed by atoms with E-state index in [1.165, 1.54) is 6.07 Å². The topological polar surface area (TPSA) is 63.5 Å². The molecule has 0 radical (unpaired) electrons. The molecule has 8 heteroatoms. The summed E-state index contributed by atoms with van der Waals surface area (Å²) in [6, 6.07) is 3.67. The monoisotopic (exact) mass is 371 g/mol. The molecule has 0 spiro atoms. The molecule has 0 amide bonds. The summed E-state index contributed by atoms with van der Waals surface area (Å²) in [6.07, 6.45) is 3.12. The summed E-state index contributed by atoms with van der Waals surface area (Å²) in [7, 11) is 0. The Labute approximate surface area is 154 Å². The van der Waals surface area contributed by atoms with Crippen molar-refractivity contribution < 1.29 is 13.5 Å². The van der Waals surface area contributed by atoms with Crippen molar-refractivity contribution in [3.05, 3.63) is 59.9 Å². The van der Waals surface area contributed by atoms with Gasteiger partial charge in [0.2, 0.25) is 0 Å². The third kappa shape index (κ3) is 3.07. The molecule has 2 aromatic heterocycles. The second kappa shape index (κ2) is 6.53. The highest BCUT2D eigenvalue weighted by Crippen LogP contribution is 2.32. The van der Waals surface area contributed by atoms with Crippen molar-refractivity contribution in [2.45, 2.75) is 26.0 Å². The maximum absolute atomic E-state index is 14.6. The van der Waals surface area contributed by atoms with Crippen LogP contribution in [0.5, 0.6) is 5.75 Å². The van der Waals surface area contributed by atoms with Gasteiger partial charge >= 0.3 is 0 Å². The molecule has 140 valence electrons. The first-order valence-electron chi connectivity index (χ1n) is 8.62. The van der Waals surface area contributed by atoms with Crippen LogP contribution in [0.1, 0.15) is 31.0 Å². The maximum atomic E-state index is 14.6. The van der Waals surface area contributed by atoms with E-state index in [0.717, 1.165) is 11.6 Å². The average molecular weight is 371 g/mol. The number of hydrogen-bond acceptors (Lipinski definition) is 5. The molecule has 1 aromatic carbocycles. The van der Waals surface area contributed by atoms with E-state index in [1.54, 1.807) is 29.9 Å². The first-order valence-corrected chi connectivity index (χ1v) is 8.62. The SMILES string of the molecule is C=C1NC[C@H](C)Oc2ccc(F)c(F)c2[C@@H](C)Nc2ccn3ncc1c3n2. The summed E-state index contributed by atoms with van der Waals surface area (Å²) in [5.74, 6) is -1.06. The normalized spacial score (nSPS) is 19.9. The van der Waals surface area contributed by atoms with Gasteiger partial charge in [-0.05, 0) is 32.0 Å². The molecule has 27 heavy (non-hydrogen) atoms. The van der Waals surface area contributed by atoms with Gasteiger partial charge in [0.1, 0.15) is 17.7 Å². The van der Waals surface area contributed by atoms with Crippen LogP contribution >= 0.6 is 0 Å². The number of nitrogens with one attached hydrogen (secondary N) is 2. The van der Waals surface area contributed by atoms with E-state index in [1.807, 2.05) is 6.92 Å². The molecule has 0 saturated heterocycles. The van der Waals surface area contributed by atoms with Gasteiger partial charge in [-0.15, -0.1) is 0 Å². The summed E-state index contributed by atoms with van der Waals surface area (Å²) in [5, 5.41) is 10.6. The van der Waals surface area contributed by atoms with Crippen molar-refractivity contribution in [2.24, 2.45) is 0 Å². The second-order valence-corrected chi connectivity index (χ2v) is 6.57. The van der Waals surface area contributed by atoms with E-state index in [2.05, 4.69) is 27.3 Å². The summed E-state index contributed by atoms with van der Waals surface area (Å²) >= 11 is 0. The van der Waals surface area contributed by atoms with E-state index in [0.29, 0.717) is 23.7 Å². The second-order valence-electron chi connectivity index (χ2n) is 6.57. The minimum absolute atomic E-state index is 0.121. The molecule has 6 nitrogen and oxygen atoms in total. The fraction of sp³-hybridized carbons (Fsp3) is 0.263. The van der Waals surface area contributed by atoms with Crippen LogP contribution in [0.15, 0.2) is 37.2 Å². The van der Waals surface area contributed by atoms with E-state index in [9.17, 15) is 8.78 Å². The lowest BCUT2D eigenvalue weighted by Gasteiger charge is -2.22. The van der Waals surface area contributed by atoms with Crippen molar-refractivity contribution in [3.8, 4) is 5.75 Å². The number of halogens is 2. The average Bonchev–Trinajstić information content (AvgIpc) is 3.05. The minimum Gasteiger partial charge on any atom is -0.488 e. The van der Waals surface area contributed by atoms with Crippen LogP contribution in [-0.4, -0.2) is 27.2 Å². The minimum atomic E-state index is -0.932. The number of aromatic nitrogens is 3. The molecular formula is C19H19F2N5O. The van der Waals surface area contributed by atoms with Crippen molar-refractivity contribution in [1.29, 1.82) is 0 Å². The van der Waals surface area contributed by atoms with Crippen LogP contribution in [-0.2, 0) is 0 Å². The molecular weight excluding hydrogens is 352 g/mol. The molecule has 2 N–H and O–H groups in total.